The number of amides is 1. The first-order chi connectivity index (χ1) is 9.97. The van der Waals surface area contributed by atoms with Crippen LogP contribution in [-0.2, 0) is 9.59 Å². The predicted molar refractivity (Wildman–Crippen MR) is 70.3 cm³/mol. The average Bonchev–Trinajstić information content (AvgIpc) is 3.03. The summed E-state index contributed by atoms with van der Waals surface area (Å²) in [7, 11) is 0. The Labute approximate surface area is 119 Å². The molecule has 1 amide bonds. The van der Waals surface area contributed by atoms with E-state index in [-0.39, 0.29) is 17.5 Å². The van der Waals surface area contributed by atoms with Crippen LogP contribution in [0, 0.1) is 35.3 Å². The van der Waals surface area contributed by atoms with Crippen LogP contribution >= 0.6 is 0 Å². The maximum absolute atomic E-state index is 13.1. The van der Waals surface area contributed by atoms with E-state index in [1.54, 1.807) is 0 Å². The fraction of sp³-hybridized carbons (Fsp3) is 0.333. The third-order valence-electron chi connectivity index (χ3n) is 4.23. The van der Waals surface area contributed by atoms with Gasteiger partial charge in [0.2, 0.25) is 5.91 Å². The Morgan fingerprint density at radius 3 is 2.38 bits per heavy atom. The van der Waals surface area contributed by atoms with E-state index in [9.17, 15) is 23.5 Å². The number of anilines is 1. The van der Waals surface area contributed by atoms with Gasteiger partial charge in [0.1, 0.15) is 0 Å². The van der Waals surface area contributed by atoms with Crippen LogP contribution < -0.4 is 5.32 Å². The van der Waals surface area contributed by atoms with Gasteiger partial charge in [-0.2, -0.15) is 0 Å². The standard InChI is InChI=1S/C15H13F2NO3/c16-10-4-3-9(6-11(10)17)18-14(19)12-7-1-2-8(5-7)13(12)15(20)21/h1-4,6-8,12-13H,5H2,(H,18,19)(H,20,21)/t7-,8-,12+,13+/m0/s1. The predicted octanol–water partition coefficient (Wildman–Crippen LogP) is 2.43. The Bertz CT molecular complexity index is 644. The zero-order chi connectivity index (χ0) is 15.1. The van der Waals surface area contributed by atoms with Crippen LogP contribution in [0.4, 0.5) is 14.5 Å². The Kier molecular flexibility index (Phi) is 3.23. The molecule has 1 aromatic rings. The van der Waals surface area contributed by atoms with Crippen molar-refractivity contribution in [3.8, 4) is 0 Å². The Balaban J connectivity index is 1.80. The van der Waals surface area contributed by atoms with Crippen LogP contribution in [0.3, 0.4) is 0 Å². The number of aliphatic carboxylic acids is 1. The minimum atomic E-state index is -1.06. The topological polar surface area (TPSA) is 66.4 Å². The molecule has 2 aliphatic carbocycles. The van der Waals surface area contributed by atoms with Gasteiger partial charge in [-0.05, 0) is 30.4 Å². The van der Waals surface area contributed by atoms with E-state index < -0.39 is 35.3 Å². The highest BCUT2D eigenvalue weighted by molar-refractivity contribution is 5.96. The monoisotopic (exact) mass is 293 g/mol. The van der Waals surface area contributed by atoms with Gasteiger partial charge in [0.15, 0.2) is 11.6 Å². The van der Waals surface area contributed by atoms with Crippen LogP contribution in [-0.4, -0.2) is 17.0 Å². The molecule has 0 unspecified atom stereocenters. The molecule has 4 nitrogen and oxygen atoms in total. The third kappa shape index (κ3) is 2.30. The van der Waals surface area contributed by atoms with Crippen LogP contribution in [0.15, 0.2) is 30.4 Å². The maximum Gasteiger partial charge on any atom is 0.307 e. The van der Waals surface area contributed by atoms with E-state index in [1.807, 2.05) is 12.2 Å². The Morgan fingerprint density at radius 2 is 1.76 bits per heavy atom. The van der Waals surface area contributed by atoms with Gasteiger partial charge < -0.3 is 10.4 Å². The van der Waals surface area contributed by atoms with Crippen molar-refractivity contribution in [2.24, 2.45) is 23.7 Å². The minimum absolute atomic E-state index is 0.110. The molecule has 0 aromatic heterocycles. The molecule has 0 radical (unpaired) electrons. The largest absolute Gasteiger partial charge is 0.481 e. The highest BCUT2D eigenvalue weighted by Crippen LogP contribution is 2.48. The van der Waals surface area contributed by atoms with Crippen molar-refractivity contribution in [3.05, 3.63) is 42.0 Å². The fourth-order valence-corrected chi connectivity index (χ4v) is 3.32. The van der Waals surface area contributed by atoms with Gasteiger partial charge in [-0.25, -0.2) is 8.78 Å². The third-order valence-corrected chi connectivity index (χ3v) is 4.23. The molecule has 0 saturated heterocycles. The zero-order valence-corrected chi connectivity index (χ0v) is 10.9. The molecule has 1 aromatic carbocycles. The molecular weight excluding hydrogens is 280 g/mol. The van der Waals surface area contributed by atoms with Gasteiger partial charge in [-0.15, -0.1) is 0 Å². The summed E-state index contributed by atoms with van der Waals surface area (Å²) in [5.41, 5.74) is 0.120. The number of hydrogen-bond donors (Lipinski definition) is 2. The molecule has 2 N–H and O–H groups in total. The number of benzene rings is 1. The quantitative estimate of drug-likeness (QED) is 0.841. The van der Waals surface area contributed by atoms with Crippen molar-refractivity contribution in [3.63, 3.8) is 0 Å². The van der Waals surface area contributed by atoms with Gasteiger partial charge in [0.05, 0.1) is 11.8 Å². The molecule has 3 rings (SSSR count). The number of carboxylic acid groups (broad SMARTS) is 1. The molecule has 0 heterocycles. The second kappa shape index (κ2) is 4.95. The lowest BCUT2D eigenvalue weighted by Crippen LogP contribution is -2.36. The number of halogens is 2. The first-order valence-electron chi connectivity index (χ1n) is 6.64. The number of carbonyl (C=O) groups excluding carboxylic acids is 1. The number of fused-ring (bicyclic) bond motifs is 2. The van der Waals surface area contributed by atoms with Gasteiger partial charge >= 0.3 is 5.97 Å². The van der Waals surface area contributed by atoms with E-state index in [0.717, 1.165) is 12.1 Å². The van der Waals surface area contributed by atoms with Crippen LogP contribution in [0.1, 0.15) is 6.42 Å². The molecule has 1 saturated carbocycles. The van der Waals surface area contributed by atoms with E-state index in [2.05, 4.69) is 5.32 Å². The van der Waals surface area contributed by atoms with Crippen molar-refractivity contribution in [2.45, 2.75) is 6.42 Å². The van der Waals surface area contributed by atoms with Crippen molar-refractivity contribution >= 4 is 17.6 Å². The molecule has 21 heavy (non-hydrogen) atoms. The van der Waals surface area contributed by atoms with Crippen LogP contribution in [0.2, 0.25) is 0 Å². The normalized spacial score (nSPS) is 29.6. The molecule has 4 atom stereocenters. The van der Waals surface area contributed by atoms with Crippen molar-refractivity contribution in [2.75, 3.05) is 5.32 Å². The second-order valence-corrected chi connectivity index (χ2v) is 5.46. The van der Waals surface area contributed by atoms with Gasteiger partial charge in [-0.1, -0.05) is 12.2 Å². The Morgan fingerprint density at radius 1 is 1.10 bits per heavy atom. The summed E-state index contributed by atoms with van der Waals surface area (Å²) in [6.45, 7) is 0. The van der Waals surface area contributed by atoms with Gasteiger partial charge in [0, 0.05) is 11.8 Å². The molecule has 2 bridgehead atoms. The van der Waals surface area contributed by atoms with E-state index >= 15 is 0 Å². The van der Waals surface area contributed by atoms with Crippen molar-refractivity contribution in [1.29, 1.82) is 0 Å². The van der Waals surface area contributed by atoms with Gasteiger partial charge in [-0.3, -0.25) is 9.59 Å². The molecule has 0 aliphatic heterocycles. The lowest BCUT2D eigenvalue weighted by atomic mass is 9.82. The number of hydrogen-bond acceptors (Lipinski definition) is 2. The highest BCUT2D eigenvalue weighted by atomic mass is 19.2. The summed E-state index contributed by atoms with van der Waals surface area (Å²) in [6, 6.07) is 3.04. The SMILES string of the molecule is O=C(O)[C@H]1[C@H](C(=O)Nc2ccc(F)c(F)c2)[C@H]2C=C[C@H]1C2. The number of nitrogens with one attached hydrogen (secondary N) is 1. The molecule has 6 heteroatoms. The molecule has 1 fully saturated rings. The van der Waals surface area contributed by atoms with E-state index in [1.165, 1.54) is 6.07 Å². The number of rotatable bonds is 3. The van der Waals surface area contributed by atoms with Crippen molar-refractivity contribution < 1.29 is 23.5 Å². The summed E-state index contributed by atoms with van der Waals surface area (Å²) >= 11 is 0. The highest BCUT2D eigenvalue weighted by Gasteiger charge is 2.51. The number of allylic oxidation sites excluding steroid dienone is 2. The molecule has 110 valence electrons. The number of carbonyl (C=O) groups is 2. The summed E-state index contributed by atoms with van der Waals surface area (Å²) in [5.74, 6) is -5.21. The average molecular weight is 293 g/mol. The lowest BCUT2D eigenvalue weighted by Gasteiger charge is -2.23. The first-order valence-corrected chi connectivity index (χ1v) is 6.64. The van der Waals surface area contributed by atoms with E-state index in [4.69, 9.17) is 0 Å². The van der Waals surface area contributed by atoms with Crippen LogP contribution in [0.25, 0.3) is 0 Å². The minimum Gasteiger partial charge on any atom is -0.481 e. The summed E-state index contributed by atoms with van der Waals surface area (Å²) < 4.78 is 26.0. The van der Waals surface area contributed by atoms with Crippen LogP contribution in [0.5, 0.6) is 0 Å². The van der Waals surface area contributed by atoms with Gasteiger partial charge in [0.25, 0.3) is 0 Å². The summed E-state index contributed by atoms with van der Waals surface area (Å²) in [5, 5.41) is 11.8. The lowest BCUT2D eigenvalue weighted by molar-refractivity contribution is -0.146. The molecular formula is C15H13F2NO3. The molecule has 0 spiro atoms. The Hall–Kier alpha value is -2.24. The van der Waals surface area contributed by atoms with Crippen molar-refractivity contribution in [1.82, 2.24) is 0 Å². The summed E-state index contributed by atoms with van der Waals surface area (Å²) in [4.78, 5) is 23.6. The number of carboxylic acids is 1. The zero-order valence-electron chi connectivity index (χ0n) is 10.9. The van der Waals surface area contributed by atoms with E-state index in [0.29, 0.717) is 6.42 Å². The summed E-state index contributed by atoms with van der Waals surface area (Å²) in [6.07, 6.45) is 4.34. The second-order valence-electron chi connectivity index (χ2n) is 5.46. The fourth-order valence-electron chi connectivity index (χ4n) is 3.32. The smallest absolute Gasteiger partial charge is 0.307 e. The molecule has 2 aliphatic rings. The first kappa shape index (κ1) is 13.7. The maximum atomic E-state index is 13.1.